The highest BCUT2D eigenvalue weighted by molar-refractivity contribution is 7.11. The average molecular weight is 269 g/mol. The zero-order valence-electron chi connectivity index (χ0n) is 10.8. The molecular formula is C12H19N3O2S. The van der Waals surface area contributed by atoms with Gasteiger partial charge in [-0.1, -0.05) is 6.08 Å². The standard InChI is InChI=1S/C12H19N3O2S/c1-4-5-15(6-7-16)12(17)13-8-11-9(2)18-10(3)14-11/h4,16H,1,5-8H2,2-3H3,(H,13,17). The van der Waals surface area contributed by atoms with E-state index in [-0.39, 0.29) is 12.6 Å². The largest absolute Gasteiger partial charge is 0.395 e. The number of urea groups is 1. The summed E-state index contributed by atoms with van der Waals surface area (Å²) in [6.45, 7) is 8.59. The van der Waals surface area contributed by atoms with Gasteiger partial charge >= 0.3 is 6.03 Å². The summed E-state index contributed by atoms with van der Waals surface area (Å²) in [6.07, 6.45) is 1.63. The number of nitrogens with one attached hydrogen (secondary N) is 1. The summed E-state index contributed by atoms with van der Waals surface area (Å²) in [7, 11) is 0. The Morgan fingerprint density at radius 1 is 1.61 bits per heavy atom. The van der Waals surface area contributed by atoms with E-state index in [0.717, 1.165) is 15.6 Å². The van der Waals surface area contributed by atoms with Crippen LogP contribution in [0.4, 0.5) is 4.79 Å². The third-order valence-corrected chi connectivity index (χ3v) is 3.34. The molecule has 0 aliphatic rings. The predicted molar refractivity (Wildman–Crippen MR) is 72.7 cm³/mol. The zero-order chi connectivity index (χ0) is 13.5. The molecule has 1 heterocycles. The molecule has 1 rings (SSSR count). The summed E-state index contributed by atoms with van der Waals surface area (Å²) in [5.74, 6) is 0. The van der Waals surface area contributed by atoms with Crippen molar-refractivity contribution in [3.8, 4) is 0 Å². The minimum atomic E-state index is -0.214. The van der Waals surface area contributed by atoms with E-state index in [1.807, 2.05) is 13.8 Å². The van der Waals surface area contributed by atoms with Crippen LogP contribution >= 0.6 is 11.3 Å². The number of rotatable bonds is 6. The number of amides is 2. The SMILES string of the molecule is C=CCN(CCO)C(=O)NCc1nc(C)sc1C. The molecule has 0 saturated heterocycles. The van der Waals surface area contributed by atoms with E-state index in [1.54, 1.807) is 17.4 Å². The summed E-state index contributed by atoms with van der Waals surface area (Å²) in [5, 5.41) is 12.7. The van der Waals surface area contributed by atoms with Crippen molar-refractivity contribution in [1.29, 1.82) is 0 Å². The van der Waals surface area contributed by atoms with Gasteiger partial charge in [0.05, 0.1) is 23.9 Å². The number of aliphatic hydroxyl groups excluding tert-OH is 1. The van der Waals surface area contributed by atoms with Gasteiger partial charge in [0.25, 0.3) is 0 Å². The second-order valence-electron chi connectivity index (χ2n) is 3.85. The Kier molecular flexibility index (Phi) is 5.80. The van der Waals surface area contributed by atoms with Crippen molar-refractivity contribution in [1.82, 2.24) is 15.2 Å². The molecule has 0 aromatic carbocycles. The lowest BCUT2D eigenvalue weighted by Gasteiger charge is -2.20. The summed E-state index contributed by atoms with van der Waals surface area (Å²) >= 11 is 1.62. The van der Waals surface area contributed by atoms with E-state index >= 15 is 0 Å². The number of hydrogen-bond donors (Lipinski definition) is 2. The predicted octanol–water partition coefficient (Wildman–Crippen LogP) is 1.45. The van der Waals surface area contributed by atoms with Gasteiger partial charge in [0.15, 0.2) is 0 Å². The lowest BCUT2D eigenvalue weighted by Crippen LogP contribution is -2.41. The van der Waals surface area contributed by atoms with Crippen molar-refractivity contribution in [2.75, 3.05) is 19.7 Å². The summed E-state index contributed by atoms with van der Waals surface area (Å²) in [5.41, 5.74) is 0.897. The van der Waals surface area contributed by atoms with Gasteiger partial charge in [-0.3, -0.25) is 0 Å². The van der Waals surface area contributed by atoms with Gasteiger partial charge < -0.3 is 15.3 Å². The Morgan fingerprint density at radius 2 is 2.33 bits per heavy atom. The first kappa shape index (κ1) is 14.7. The highest BCUT2D eigenvalue weighted by Crippen LogP contribution is 2.15. The lowest BCUT2D eigenvalue weighted by molar-refractivity contribution is 0.183. The van der Waals surface area contributed by atoms with E-state index in [9.17, 15) is 4.79 Å². The van der Waals surface area contributed by atoms with Crippen LogP contribution in [0, 0.1) is 13.8 Å². The number of aliphatic hydroxyl groups is 1. The molecule has 0 bridgehead atoms. The van der Waals surface area contributed by atoms with Crippen LogP contribution < -0.4 is 5.32 Å². The van der Waals surface area contributed by atoms with Gasteiger partial charge in [-0.2, -0.15) is 0 Å². The van der Waals surface area contributed by atoms with Crippen LogP contribution in [0.25, 0.3) is 0 Å². The molecule has 1 aromatic heterocycles. The molecule has 18 heavy (non-hydrogen) atoms. The second kappa shape index (κ2) is 7.13. The highest BCUT2D eigenvalue weighted by Gasteiger charge is 2.12. The number of carbonyl (C=O) groups is 1. The van der Waals surface area contributed by atoms with Crippen molar-refractivity contribution >= 4 is 17.4 Å². The minimum absolute atomic E-state index is 0.0594. The van der Waals surface area contributed by atoms with E-state index < -0.39 is 0 Å². The number of aryl methyl sites for hydroxylation is 2. The average Bonchev–Trinajstić information content (AvgIpc) is 2.64. The first-order chi connectivity index (χ1) is 8.58. The number of aromatic nitrogens is 1. The lowest BCUT2D eigenvalue weighted by atomic mass is 10.4. The maximum Gasteiger partial charge on any atom is 0.318 e. The highest BCUT2D eigenvalue weighted by atomic mass is 32.1. The first-order valence-electron chi connectivity index (χ1n) is 5.76. The quantitative estimate of drug-likeness (QED) is 0.768. The van der Waals surface area contributed by atoms with E-state index in [0.29, 0.717) is 19.6 Å². The van der Waals surface area contributed by atoms with Crippen LogP contribution in [-0.2, 0) is 6.54 Å². The van der Waals surface area contributed by atoms with Gasteiger partial charge in [0, 0.05) is 18.0 Å². The molecule has 0 fully saturated rings. The molecule has 2 N–H and O–H groups in total. The van der Waals surface area contributed by atoms with Crippen LogP contribution in [0.3, 0.4) is 0 Å². The topological polar surface area (TPSA) is 65.5 Å². The molecule has 6 heteroatoms. The maximum atomic E-state index is 11.8. The molecule has 0 spiro atoms. The number of carbonyl (C=O) groups excluding carboxylic acids is 1. The maximum absolute atomic E-state index is 11.8. The Labute approximate surface area is 111 Å². The van der Waals surface area contributed by atoms with Crippen molar-refractivity contribution in [3.63, 3.8) is 0 Å². The van der Waals surface area contributed by atoms with Crippen LogP contribution in [0.5, 0.6) is 0 Å². The summed E-state index contributed by atoms with van der Waals surface area (Å²) in [6, 6.07) is -0.214. The Balaban J connectivity index is 2.53. The number of thiazole rings is 1. The first-order valence-corrected chi connectivity index (χ1v) is 6.57. The fourth-order valence-corrected chi connectivity index (χ4v) is 2.39. The second-order valence-corrected chi connectivity index (χ2v) is 5.26. The molecule has 0 radical (unpaired) electrons. The van der Waals surface area contributed by atoms with Gasteiger partial charge in [0.2, 0.25) is 0 Å². The molecule has 0 aliphatic carbocycles. The summed E-state index contributed by atoms with van der Waals surface area (Å²) < 4.78 is 0. The van der Waals surface area contributed by atoms with Crippen LogP contribution in [0.2, 0.25) is 0 Å². The van der Waals surface area contributed by atoms with Crippen molar-refractivity contribution in [3.05, 3.63) is 28.2 Å². The monoisotopic (exact) mass is 269 g/mol. The molecule has 0 unspecified atom stereocenters. The van der Waals surface area contributed by atoms with Gasteiger partial charge in [-0.05, 0) is 13.8 Å². The molecule has 5 nitrogen and oxygen atoms in total. The fraction of sp³-hybridized carbons (Fsp3) is 0.500. The summed E-state index contributed by atoms with van der Waals surface area (Å²) in [4.78, 5) is 18.8. The smallest absolute Gasteiger partial charge is 0.318 e. The van der Waals surface area contributed by atoms with E-state index in [2.05, 4.69) is 16.9 Å². The van der Waals surface area contributed by atoms with Crippen molar-refractivity contribution < 1.29 is 9.90 Å². The molecule has 0 aliphatic heterocycles. The molecular weight excluding hydrogens is 250 g/mol. The normalized spacial score (nSPS) is 10.2. The molecule has 1 aromatic rings. The van der Waals surface area contributed by atoms with Gasteiger partial charge in [0.1, 0.15) is 0 Å². The van der Waals surface area contributed by atoms with Crippen molar-refractivity contribution in [2.45, 2.75) is 20.4 Å². The molecule has 0 saturated carbocycles. The van der Waals surface area contributed by atoms with Crippen LogP contribution in [-0.4, -0.2) is 40.7 Å². The Morgan fingerprint density at radius 3 is 2.83 bits per heavy atom. The fourth-order valence-electron chi connectivity index (χ4n) is 1.56. The van der Waals surface area contributed by atoms with Crippen LogP contribution in [0.1, 0.15) is 15.6 Å². The van der Waals surface area contributed by atoms with E-state index in [1.165, 1.54) is 4.90 Å². The van der Waals surface area contributed by atoms with Gasteiger partial charge in [-0.25, -0.2) is 9.78 Å². The van der Waals surface area contributed by atoms with Gasteiger partial charge in [-0.15, -0.1) is 17.9 Å². The van der Waals surface area contributed by atoms with Crippen LogP contribution in [0.15, 0.2) is 12.7 Å². The molecule has 2 amide bonds. The van der Waals surface area contributed by atoms with E-state index in [4.69, 9.17) is 5.11 Å². The zero-order valence-corrected chi connectivity index (χ0v) is 11.6. The Bertz CT molecular complexity index is 417. The third kappa shape index (κ3) is 4.12. The number of hydrogen-bond acceptors (Lipinski definition) is 4. The minimum Gasteiger partial charge on any atom is -0.395 e. The number of nitrogens with zero attached hydrogens (tertiary/aromatic N) is 2. The molecule has 0 atom stereocenters. The third-order valence-electron chi connectivity index (χ3n) is 2.41. The molecule has 100 valence electrons. The Hall–Kier alpha value is -1.40. The van der Waals surface area contributed by atoms with Crippen molar-refractivity contribution in [2.24, 2.45) is 0 Å².